The molecule has 0 saturated carbocycles. The lowest BCUT2D eigenvalue weighted by Gasteiger charge is -2.26. The lowest BCUT2D eigenvalue weighted by molar-refractivity contribution is -0.138. The standard InChI is InChI=1S/C10H16N2O3/c1-7-3-5-12(6-4-7)10(15)11-8(2)9(13)14/h3,8H,4-6H2,1-2H3,(H,11,15)(H,13,14)/t8-/m1/s1. The zero-order valence-corrected chi connectivity index (χ0v) is 8.99. The molecule has 2 amide bonds. The predicted octanol–water partition coefficient (Wildman–Crippen LogP) is 0.821. The number of carboxylic acids is 1. The summed E-state index contributed by atoms with van der Waals surface area (Å²) in [6, 6.07) is -1.15. The monoisotopic (exact) mass is 212 g/mol. The fourth-order valence-corrected chi connectivity index (χ4v) is 1.29. The van der Waals surface area contributed by atoms with Crippen LogP contribution in [0.3, 0.4) is 0 Å². The summed E-state index contributed by atoms with van der Waals surface area (Å²) in [6.07, 6.45) is 2.84. The Bertz CT molecular complexity index is 299. The second-order valence-corrected chi connectivity index (χ2v) is 3.76. The van der Waals surface area contributed by atoms with Gasteiger partial charge in [-0.05, 0) is 20.3 Å². The topological polar surface area (TPSA) is 69.6 Å². The van der Waals surface area contributed by atoms with Crippen LogP contribution in [0.2, 0.25) is 0 Å². The van der Waals surface area contributed by atoms with Gasteiger partial charge in [-0.15, -0.1) is 0 Å². The molecular weight excluding hydrogens is 196 g/mol. The summed E-state index contributed by atoms with van der Waals surface area (Å²) < 4.78 is 0. The highest BCUT2D eigenvalue weighted by molar-refractivity contribution is 5.82. The number of carbonyl (C=O) groups is 2. The van der Waals surface area contributed by atoms with Gasteiger partial charge in [0.25, 0.3) is 0 Å². The predicted molar refractivity (Wildman–Crippen MR) is 55.6 cm³/mol. The van der Waals surface area contributed by atoms with E-state index in [-0.39, 0.29) is 6.03 Å². The number of hydrogen-bond acceptors (Lipinski definition) is 2. The Labute approximate surface area is 88.8 Å². The molecule has 0 aromatic carbocycles. The Morgan fingerprint density at radius 3 is 2.73 bits per heavy atom. The maximum atomic E-state index is 11.5. The van der Waals surface area contributed by atoms with E-state index in [1.165, 1.54) is 12.5 Å². The first-order valence-corrected chi connectivity index (χ1v) is 4.94. The Kier molecular flexibility index (Phi) is 3.71. The van der Waals surface area contributed by atoms with E-state index in [0.717, 1.165) is 6.42 Å². The van der Waals surface area contributed by atoms with Gasteiger partial charge < -0.3 is 15.3 Å². The number of urea groups is 1. The van der Waals surface area contributed by atoms with E-state index in [0.29, 0.717) is 13.1 Å². The number of aliphatic carboxylic acids is 1. The first-order chi connectivity index (χ1) is 7.00. The molecule has 1 rings (SSSR count). The van der Waals surface area contributed by atoms with Crippen LogP contribution in [0.5, 0.6) is 0 Å². The number of rotatable bonds is 2. The molecule has 0 bridgehead atoms. The van der Waals surface area contributed by atoms with Gasteiger partial charge in [0.05, 0.1) is 0 Å². The maximum Gasteiger partial charge on any atom is 0.325 e. The van der Waals surface area contributed by atoms with Crippen molar-refractivity contribution in [1.82, 2.24) is 10.2 Å². The number of carbonyl (C=O) groups excluding carboxylic acids is 1. The zero-order chi connectivity index (χ0) is 11.4. The van der Waals surface area contributed by atoms with E-state index >= 15 is 0 Å². The third-order valence-corrected chi connectivity index (χ3v) is 2.43. The minimum absolute atomic E-state index is 0.311. The van der Waals surface area contributed by atoms with Crippen LogP contribution >= 0.6 is 0 Å². The third kappa shape index (κ3) is 3.27. The summed E-state index contributed by atoms with van der Waals surface area (Å²) in [5, 5.41) is 11.0. The van der Waals surface area contributed by atoms with Gasteiger partial charge in [0.15, 0.2) is 0 Å². The van der Waals surface area contributed by atoms with Gasteiger partial charge in [0, 0.05) is 13.1 Å². The van der Waals surface area contributed by atoms with Crippen LogP contribution in [0.15, 0.2) is 11.6 Å². The van der Waals surface area contributed by atoms with E-state index in [1.54, 1.807) is 4.90 Å². The van der Waals surface area contributed by atoms with Gasteiger partial charge in [-0.2, -0.15) is 0 Å². The summed E-state index contributed by atoms with van der Waals surface area (Å²) >= 11 is 0. The van der Waals surface area contributed by atoms with Gasteiger partial charge in [-0.3, -0.25) is 4.79 Å². The molecule has 0 spiro atoms. The van der Waals surface area contributed by atoms with Crippen molar-refractivity contribution in [3.05, 3.63) is 11.6 Å². The Balaban J connectivity index is 2.45. The molecule has 0 fully saturated rings. The minimum atomic E-state index is -1.02. The summed E-state index contributed by atoms with van der Waals surface area (Å²) in [6.45, 7) is 4.69. The van der Waals surface area contributed by atoms with Crippen molar-refractivity contribution in [2.24, 2.45) is 0 Å². The number of carboxylic acid groups (broad SMARTS) is 1. The molecule has 1 aliphatic heterocycles. The fraction of sp³-hybridized carbons (Fsp3) is 0.600. The van der Waals surface area contributed by atoms with E-state index in [1.807, 2.05) is 13.0 Å². The van der Waals surface area contributed by atoms with Crippen LogP contribution < -0.4 is 5.32 Å². The first-order valence-electron chi connectivity index (χ1n) is 4.94. The normalized spacial score (nSPS) is 18.0. The lowest BCUT2D eigenvalue weighted by Crippen LogP contribution is -2.47. The van der Waals surface area contributed by atoms with Crippen molar-refractivity contribution in [3.8, 4) is 0 Å². The summed E-state index contributed by atoms with van der Waals surface area (Å²) in [7, 11) is 0. The highest BCUT2D eigenvalue weighted by atomic mass is 16.4. The molecule has 5 nitrogen and oxygen atoms in total. The quantitative estimate of drug-likeness (QED) is 0.666. The van der Waals surface area contributed by atoms with Crippen LogP contribution in [0.25, 0.3) is 0 Å². The van der Waals surface area contributed by atoms with Crippen LogP contribution in [0.4, 0.5) is 4.79 Å². The summed E-state index contributed by atoms with van der Waals surface area (Å²) in [5.74, 6) is -1.02. The van der Waals surface area contributed by atoms with Crippen molar-refractivity contribution in [2.75, 3.05) is 13.1 Å². The minimum Gasteiger partial charge on any atom is -0.480 e. The lowest BCUT2D eigenvalue weighted by atomic mass is 10.1. The van der Waals surface area contributed by atoms with Gasteiger partial charge in [-0.25, -0.2) is 4.79 Å². The third-order valence-electron chi connectivity index (χ3n) is 2.43. The van der Waals surface area contributed by atoms with E-state index in [2.05, 4.69) is 5.32 Å². The van der Waals surface area contributed by atoms with E-state index in [9.17, 15) is 9.59 Å². The number of nitrogens with zero attached hydrogens (tertiary/aromatic N) is 1. The highest BCUT2D eigenvalue weighted by Gasteiger charge is 2.19. The summed E-state index contributed by atoms with van der Waals surface area (Å²) in [4.78, 5) is 23.7. The molecular formula is C10H16N2O3. The van der Waals surface area contributed by atoms with Crippen molar-refractivity contribution < 1.29 is 14.7 Å². The van der Waals surface area contributed by atoms with Crippen LogP contribution in [-0.2, 0) is 4.79 Å². The molecule has 1 atom stereocenters. The van der Waals surface area contributed by atoms with Crippen LogP contribution in [0, 0.1) is 0 Å². The molecule has 0 aliphatic carbocycles. The summed E-state index contributed by atoms with van der Waals surface area (Å²) in [5.41, 5.74) is 1.27. The molecule has 84 valence electrons. The molecule has 2 N–H and O–H groups in total. The Morgan fingerprint density at radius 2 is 2.27 bits per heavy atom. The maximum absolute atomic E-state index is 11.5. The largest absolute Gasteiger partial charge is 0.480 e. The Hall–Kier alpha value is -1.52. The number of nitrogens with one attached hydrogen (secondary N) is 1. The SMILES string of the molecule is CC1=CCN(C(=O)N[C@H](C)C(=O)O)CC1. The second kappa shape index (κ2) is 4.82. The van der Waals surface area contributed by atoms with Gasteiger partial charge in [-0.1, -0.05) is 11.6 Å². The van der Waals surface area contributed by atoms with Crippen molar-refractivity contribution in [1.29, 1.82) is 0 Å². The molecule has 0 aromatic rings. The van der Waals surface area contributed by atoms with Crippen molar-refractivity contribution in [2.45, 2.75) is 26.3 Å². The highest BCUT2D eigenvalue weighted by Crippen LogP contribution is 2.09. The Morgan fingerprint density at radius 1 is 1.60 bits per heavy atom. The number of hydrogen-bond donors (Lipinski definition) is 2. The molecule has 0 unspecified atom stereocenters. The van der Waals surface area contributed by atoms with Gasteiger partial charge in [0.1, 0.15) is 6.04 Å². The fourth-order valence-electron chi connectivity index (χ4n) is 1.29. The van der Waals surface area contributed by atoms with Crippen LogP contribution in [-0.4, -0.2) is 41.1 Å². The smallest absolute Gasteiger partial charge is 0.325 e. The van der Waals surface area contributed by atoms with Crippen molar-refractivity contribution in [3.63, 3.8) is 0 Å². The molecule has 5 heteroatoms. The zero-order valence-electron chi connectivity index (χ0n) is 8.99. The second-order valence-electron chi connectivity index (χ2n) is 3.76. The number of amides is 2. The molecule has 1 aliphatic rings. The molecule has 1 heterocycles. The molecule has 0 saturated heterocycles. The van der Waals surface area contributed by atoms with E-state index in [4.69, 9.17) is 5.11 Å². The first kappa shape index (κ1) is 11.6. The average molecular weight is 212 g/mol. The van der Waals surface area contributed by atoms with Gasteiger partial charge in [0.2, 0.25) is 0 Å². The molecule has 0 radical (unpaired) electrons. The average Bonchev–Trinajstić information content (AvgIpc) is 2.18. The van der Waals surface area contributed by atoms with Crippen LogP contribution in [0.1, 0.15) is 20.3 Å². The van der Waals surface area contributed by atoms with Gasteiger partial charge >= 0.3 is 12.0 Å². The van der Waals surface area contributed by atoms with Crippen molar-refractivity contribution >= 4 is 12.0 Å². The molecule has 15 heavy (non-hydrogen) atoms. The van der Waals surface area contributed by atoms with E-state index < -0.39 is 12.0 Å². The molecule has 0 aromatic heterocycles.